The van der Waals surface area contributed by atoms with Crippen LogP contribution in [-0.2, 0) is 0 Å². The van der Waals surface area contributed by atoms with Gasteiger partial charge in [0.1, 0.15) is 5.75 Å². The summed E-state index contributed by atoms with van der Waals surface area (Å²) in [5.74, 6) is 1.76. The summed E-state index contributed by atoms with van der Waals surface area (Å²) >= 11 is 7.47. The molecule has 1 saturated carbocycles. The molecule has 1 atom stereocenters. The largest absolute Gasteiger partial charge is 0.494 e. The van der Waals surface area contributed by atoms with E-state index < -0.39 is 0 Å². The lowest BCUT2D eigenvalue weighted by Crippen LogP contribution is -2.13. The van der Waals surface area contributed by atoms with E-state index in [9.17, 15) is 0 Å². The van der Waals surface area contributed by atoms with Crippen LogP contribution in [0, 0.1) is 5.92 Å². The average molecular weight is 376 g/mol. The van der Waals surface area contributed by atoms with Crippen molar-refractivity contribution in [3.63, 3.8) is 0 Å². The predicted molar refractivity (Wildman–Crippen MR) is 83.6 cm³/mol. The van der Waals surface area contributed by atoms with Crippen molar-refractivity contribution in [1.29, 1.82) is 0 Å². The van der Waals surface area contributed by atoms with Gasteiger partial charge >= 0.3 is 0 Å². The number of benzene rings is 1. The Morgan fingerprint density at radius 2 is 2.00 bits per heavy atom. The number of hydrogen-bond acceptors (Lipinski definition) is 1. The predicted octanol–water partition coefficient (Wildman–Crippen LogP) is 5.86. The summed E-state index contributed by atoms with van der Waals surface area (Å²) in [6.07, 6.45) is 6.78. The molecule has 18 heavy (non-hydrogen) atoms. The Kier molecular flexibility index (Phi) is 5.56. The number of ether oxygens (including phenoxy) is 1. The van der Waals surface area contributed by atoms with E-state index in [0.717, 1.165) is 22.7 Å². The van der Waals surface area contributed by atoms with Crippen molar-refractivity contribution >= 4 is 31.9 Å². The summed E-state index contributed by atoms with van der Waals surface area (Å²) in [4.78, 5) is 0.414. The zero-order valence-corrected chi connectivity index (χ0v) is 14.0. The van der Waals surface area contributed by atoms with E-state index >= 15 is 0 Å². The molecule has 0 radical (unpaired) electrons. The highest BCUT2D eigenvalue weighted by atomic mass is 79.9. The smallest absolute Gasteiger partial charge is 0.123 e. The minimum Gasteiger partial charge on any atom is -0.494 e. The molecule has 0 spiro atoms. The molecule has 1 nitrogen and oxygen atoms in total. The normalized spacial score (nSPS) is 18.6. The van der Waals surface area contributed by atoms with Gasteiger partial charge in [-0.15, -0.1) is 0 Å². The van der Waals surface area contributed by atoms with Crippen molar-refractivity contribution in [2.24, 2.45) is 5.92 Å². The quantitative estimate of drug-likeness (QED) is 0.598. The minimum atomic E-state index is 0.414. The third kappa shape index (κ3) is 3.51. The first-order valence-corrected chi connectivity index (χ1v) is 8.49. The van der Waals surface area contributed by atoms with Gasteiger partial charge in [-0.05, 0) is 43.9 Å². The van der Waals surface area contributed by atoms with E-state index in [-0.39, 0.29) is 0 Å². The SMILES string of the molecule is CCOc1ccc(Br)cc1C(Br)C1CCCCC1. The second kappa shape index (κ2) is 6.95. The number of hydrogen-bond donors (Lipinski definition) is 0. The Morgan fingerprint density at radius 3 is 2.67 bits per heavy atom. The van der Waals surface area contributed by atoms with Crippen LogP contribution in [0.1, 0.15) is 49.4 Å². The molecule has 0 aliphatic heterocycles. The molecule has 0 saturated heterocycles. The van der Waals surface area contributed by atoms with Crippen molar-refractivity contribution in [2.75, 3.05) is 6.61 Å². The molecule has 1 unspecified atom stereocenters. The molecule has 1 aliphatic carbocycles. The number of rotatable bonds is 4. The second-order valence-corrected chi connectivity index (χ2v) is 6.82. The van der Waals surface area contributed by atoms with Crippen LogP contribution in [0.5, 0.6) is 5.75 Å². The van der Waals surface area contributed by atoms with E-state index in [0.29, 0.717) is 4.83 Å². The standard InChI is InChI=1S/C15H20Br2O/c1-2-18-14-9-8-12(16)10-13(14)15(17)11-6-4-3-5-7-11/h8-11,15H,2-7H2,1H3. The highest BCUT2D eigenvalue weighted by Crippen LogP contribution is 2.44. The molecule has 1 aromatic rings. The van der Waals surface area contributed by atoms with Gasteiger partial charge in [-0.2, -0.15) is 0 Å². The fourth-order valence-corrected chi connectivity index (χ4v) is 3.97. The van der Waals surface area contributed by atoms with Gasteiger partial charge in [-0.1, -0.05) is 51.1 Å². The maximum Gasteiger partial charge on any atom is 0.123 e. The Labute approximate surface area is 127 Å². The maximum absolute atomic E-state index is 5.75. The Bertz CT molecular complexity index is 386. The molecular formula is C15H20Br2O. The molecule has 3 heteroatoms. The summed E-state index contributed by atoms with van der Waals surface area (Å²) in [5, 5.41) is 0. The van der Waals surface area contributed by atoms with Gasteiger partial charge in [0.15, 0.2) is 0 Å². The number of halogens is 2. The first-order valence-electron chi connectivity index (χ1n) is 6.78. The molecule has 0 amide bonds. The monoisotopic (exact) mass is 374 g/mol. The van der Waals surface area contributed by atoms with Crippen LogP contribution in [0.25, 0.3) is 0 Å². The molecule has 0 aromatic heterocycles. The van der Waals surface area contributed by atoms with Crippen molar-refractivity contribution in [2.45, 2.75) is 43.9 Å². The van der Waals surface area contributed by atoms with Crippen molar-refractivity contribution < 1.29 is 4.74 Å². The van der Waals surface area contributed by atoms with Gasteiger partial charge in [-0.25, -0.2) is 0 Å². The number of alkyl halides is 1. The Balaban J connectivity index is 2.21. The zero-order chi connectivity index (χ0) is 13.0. The maximum atomic E-state index is 5.75. The minimum absolute atomic E-state index is 0.414. The van der Waals surface area contributed by atoms with Gasteiger partial charge in [0, 0.05) is 14.9 Å². The van der Waals surface area contributed by atoms with Crippen LogP contribution in [0.3, 0.4) is 0 Å². The lowest BCUT2D eigenvalue weighted by molar-refractivity contribution is 0.322. The Hall–Kier alpha value is -0.0200. The van der Waals surface area contributed by atoms with Crippen LogP contribution in [0.15, 0.2) is 22.7 Å². The molecule has 100 valence electrons. The fraction of sp³-hybridized carbons (Fsp3) is 0.600. The van der Waals surface area contributed by atoms with E-state index in [1.54, 1.807) is 0 Å². The summed E-state index contributed by atoms with van der Waals surface area (Å²) in [6, 6.07) is 6.31. The Morgan fingerprint density at radius 1 is 1.28 bits per heavy atom. The molecule has 1 aromatic carbocycles. The summed E-state index contributed by atoms with van der Waals surface area (Å²) in [6.45, 7) is 2.76. The van der Waals surface area contributed by atoms with E-state index in [1.807, 2.05) is 6.92 Å². The van der Waals surface area contributed by atoms with Crippen molar-refractivity contribution in [1.82, 2.24) is 0 Å². The molecule has 0 bridgehead atoms. The van der Waals surface area contributed by atoms with E-state index in [2.05, 4.69) is 50.1 Å². The second-order valence-electron chi connectivity index (χ2n) is 4.92. The summed E-state index contributed by atoms with van der Waals surface area (Å²) < 4.78 is 6.88. The van der Waals surface area contributed by atoms with Crippen LogP contribution >= 0.6 is 31.9 Å². The van der Waals surface area contributed by atoms with Crippen LogP contribution in [-0.4, -0.2) is 6.61 Å². The zero-order valence-electron chi connectivity index (χ0n) is 10.8. The molecule has 2 rings (SSSR count). The first-order chi connectivity index (χ1) is 8.72. The highest BCUT2D eigenvalue weighted by molar-refractivity contribution is 9.10. The van der Waals surface area contributed by atoms with Crippen LogP contribution in [0.2, 0.25) is 0 Å². The highest BCUT2D eigenvalue weighted by Gasteiger charge is 2.25. The lowest BCUT2D eigenvalue weighted by atomic mass is 9.84. The molecule has 0 N–H and O–H groups in total. The summed E-state index contributed by atoms with van der Waals surface area (Å²) in [5.41, 5.74) is 1.29. The molecule has 1 aliphatic rings. The topological polar surface area (TPSA) is 9.23 Å². The van der Waals surface area contributed by atoms with Gasteiger partial charge in [0.2, 0.25) is 0 Å². The van der Waals surface area contributed by atoms with Gasteiger partial charge in [0.25, 0.3) is 0 Å². The third-order valence-corrected chi connectivity index (χ3v) is 5.37. The molecule has 1 fully saturated rings. The third-order valence-electron chi connectivity index (χ3n) is 3.63. The van der Waals surface area contributed by atoms with Crippen LogP contribution in [0.4, 0.5) is 0 Å². The lowest BCUT2D eigenvalue weighted by Gasteiger charge is -2.27. The van der Waals surface area contributed by atoms with Crippen molar-refractivity contribution in [3.8, 4) is 5.75 Å². The summed E-state index contributed by atoms with van der Waals surface area (Å²) in [7, 11) is 0. The first kappa shape index (κ1) is 14.4. The van der Waals surface area contributed by atoms with E-state index in [1.165, 1.54) is 37.7 Å². The van der Waals surface area contributed by atoms with Crippen molar-refractivity contribution in [3.05, 3.63) is 28.2 Å². The van der Waals surface area contributed by atoms with Crippen LogP contribution < -0.4 is 4.74 Å². The van der Waals surface area contributed by atoms with Gasteiger partial charge in [-0.3, -0.25) is 0 Å². The average Bonchev–Trinajstić information content (AvgIpc) is 2.41. The van der Waals surface area contributed by atoms with Gasteiger partial charge in [0.05, 0.1) is 6.61 Å². The fourth-order valence-electron chi connectivity index (χ4n) is 2.70. The molecule has 0 heterocycles. The van der Waals surface area contributed by atoms with E-state index in [4.69, 9.17) is 4.74 Å². The molecular weight excluding hydrogens is 356 g/mol. The van der Waals surface area contributed by atoms with Gasteiger partial charge < -0.3 is 4.74 Å².